The Bertz CT molecular complexity index is 6160. The predicted molar refractivity (Wildman–Crippen MR) is 472 cm³/mol. The highest BCUT2D eigenvalue weighted by molar-refractivity contribution is 5.92. The normalized spacial score (nSPS) is 14.2. The Hall–Kier alpha value is -14.1. The van der Waals surface area contributed by atoms with Crippen LogP contribution in [0.3, 0.4) is 0 Å². The number of fused-ring (bicyclic) bond motifs is 4. The number of phenols is 3. The van der Waals surface area contributed by atoms with Gasteiger partial charge in [-0.05, 0) is 98.0 Å². The first-order valence-corrected chi connectivity index (χ1v) is 41.2. The van der Waals surface area contributed by atoms with Crippen molar-refractivity contribution >= 4 is 74.9 Å². The van der Waals surface area contributed by atoms with Gasteiger partial charge in [-0.3, -0.25) is 4.79 Å². The second kappa shape index (κ2) is 37.7. The minimum absolute atomic E-state index is 0.200. The fourth-order valence-electron chi connectivity index (χ4n) is 15.2. The summed E-state index contributed by atoms with van der Waals surface area (Å²) in [5.41, 5.74) is 22.9. The van der Waals surface area contributed by atoms with E-state index in [0.29, 0.717) is 109 Å². The molecule has 0 saturated carbocycles. The molecular weight excluding hydrogens is 1550 g/mol. The Labute approximate surface area is 710 Å². The second-order valence-electron chi connectivity index (χ2n) is 30.8. The summed E-state index contributed by atoms with van der Waals surface area (Å²) in [4.78, 5) is 76.8. The van der Waals surface area contributed by atoms with E-state index in [9.17, 15) is 20.1 Å². The number of benzene rings is 8. The van der Waals surface area contributed by atoms with Crippen molar-refractivity contribution in [3.05, 3.63) is 270 Å². The average Bonchev–Trinajstić information content (AvgIpc) is 1.68. The fraction of sp³-hybridized carbons (Fsp3) is 0.266. The number of imidazole rings is 4. The molecule has 3 N–H and O–H groups in total. The maximum absolute atomic E-state index is 10.6. The summed E-state index contributed by atoms with van der Waals surface area (Å²) in [7, 11) is 0. The minimum atomic E-state index is 0.200. The summed E-state index contributed by atoms with van der Waals surface area (Å²) in [5, 5.41) is 30.0. The first kappa shape index (κ1) is 81.2. The monoisotopic (exact) mass is 1650 g/mol. The largest absolute Gasteiger partial charge is 0.508 e. The van der Waals surface area contributed by atoms with Crippen LogP contribution in [0.25, 0.3) is 89.7 Å². The van der Waals surface area contributed by atoms with Crippen LogP contribution in [0.1, 0.15) is 50.1 Å². The van der Waals surface area contributed by atoms with E-state index < -0.39 is 0 Å². The van der Waals surface area contributed by atoms with Crippen molar-refractivity contribution in [1.82, 2.24) is 78.1 Å². The summed E-state index contributed by atoms with van der Waals surface area (Å²) in [6.07, 6.45) is 7.27. The molecule has 4 aliphatic heterocycles. The summed E-state index contributed by atoms with van der Waals surface area (Å²) in [6.45, 7) is 22.9. The first-order chi connectivity index (χ1) is 60.2. The number of rotatable bonds is 19. The molecule has 20 rings (SSSR count). The highest BCUT2D eigenvalue weighted by atomic mass is 16.5. The maximum atomic E-state index is 10.6. The second-order valence-corrected chi connectivity index (χ2v) is 30.8. The maximum Gasteiger partial charge on any atom is 0.293 e. The van der Waals surface area contributed by atoms with Crippen LogP contribution < -0.4 is 19.6 Å². The van der Waals surface area contributed by atoms with E-state index in [1.165, 1.54) is 44.5 Å². The van der Waals surface area contributed by atoms with Gasteiger partial charge in [0.15, 0.2) is 22.6 Å². The van der Waals surface area contributed by atoms with E-state index >= 15 is 0 Å². The van der Waals surface area contributed by atoms with E-state index in [2.05, 4.69) is 178 Å². The molecule has 0 amide bonds. The van der Waals surface area contributed by atoms with E-state index in [0.717, 1.165) is 148 Å². The molecule has 4 fully saturated rings. The lowest BCUT2D eigenvalue weighted by atomic mass is 10.1. The Morgan fingerprint density at radius 3 is 0.878 bits per heavy atom. The van der Waals surface area contributed by atoms with Gasteiger partial charge in [0.1, 0.15) is 68.7 Å². The fourth-order valence-corrected chi connectivity index (χ4v) is 15.2. The third kappa shape index (κ3) is 19.4. The Morgan fingerprint density at radius 2 is 0.585 bits per heavy atom. The number of aromatic hydroxyl groups is 3. The van der Waals surface area contributed by atoms with Crippen molar-refractivity contribution in [2.45, 2.75) is 60.5 Å². The van der Waals surface area contributed by atoms with Crippen LogP contribution in [-0.2, 0) is 61.3 Å². The number of aryl methyl sites for hydroxylation is 4. The highest BCUT2D eigenvalue weighted by Gasteiger charge is 2.27. The molecule has 0 bridgehead atoms. The molecule has 0 spiro atoms. The zero-order valence-electron chi connectivity index (χ0n) is 68.9. The SMILES string of the molecule is Cc1ccc(Cn2cnc3c(-c4cccc(COC=O)c4)nc(N4CCOCC4)nc32)cc1.Cc1ccc(Cn2cnc3c(-c4cccc(O)c4)nc(N4CCOCC4)nc32)cc1.Cc1ccc(Cn2cnc3c(-c4cccc(O)c4)nc(N4CCOCC4)nc32)cc1.Cc1cccc(Cn2cnc3c(-c4cccc(O)c4)nc(N4CCOCC4)nc32)c1. The van der Waals surface area contributed by atoms with Crippen molar-refractivity contribution in [1.29, 1.82) is 0 Å². The molecule has 8 aromatic heterocycles. The number of phenolic OH excluding ortho intramolecular Hbond substituents is 3. The van der Waals surface area contributed by atoms with Crippen LogP contribution in [0.5, 0.6) is 17.2 Å². The van der Waals surface area contributed by atoms with Gasteiger partial charge in [-0.25, -0.2) is 39.9 Å². The molecule has 123 heavy (non-hydrogen) atoms. The van der Waals surface area contributed by atoms with Crippen LogP contribution in [0, 0.1) is 27.7 Å². The first-order valence-electron chi connectivity index (χ1n) is 41.2. The van der Waals surface area contributed by atoms with E-state index in [1.807, 2.05) is 86.0 Å². The van der Waals surface area contributed by atoms with Crippen LogP contribution in [-0.4, -0.2) is 205 Å². The number of hydrogen-bond donors (Lipinski definition) is 3. The number of anilines is 4. The number of ether oxygens (including phenoxy) is 5. The molecule has 0 atom stereocenters. The molecule has 624 valence electrons. The van der Waals surface area contributed by atoms with Gasteiger partial charge in [0, 0.05) is 74.6 Å². The number of morpholine rings is 4. The summed E-state index contributed by atoms with van der Waals surface area (Å²) in [6, 6.07) is 63.1. The number of hydrogen-bond acceptors (Lipinski definition) is 25. The molecule has 4 aliphatic rings. The van der Waals surface area contributed by atoms with Gasteiger partial charge >= 0.3 is 0 Å². The zero-order valence-corrected chi connectivity index (χ0v) is 68.9. The van der Waals surface area contributed by atoms with Gasteiger partial charge in [0.2, 0.25) is 23.8 Å². The zero-order chi connectivity index (χ0) is 84.1. The number of carbonyl (C=O) groups is 1. The van der Waals surface area contributed by atoms with Crippen molar-refractivity contribution in [2.75, 3.05) is 125 Å². The lowest BCUT2D eigenvalue weighted by molar-refractivity contribution is -0.129. The Morgan fingerprint density at radius 1 is 0.309 bits per heavy atom. The Kier molecular flexibility index (Phi) is 24.9. The third-order valence-electron chi connectivity index (χ3n) is 21.7. The summed E-state index contributed by atoms with van der Waals surface area (Å²) in [5.74, 6) is 3.25. The van der Waals surface area contributed by atoms with Crippen molar-refractivity contribution in [2.24, 2.45) is 0 Å². The van der Waals surface area contributed by atoms with Crippen LogP contribution >= 0.6 is 0 Å². The standard InChI is InChI=1S/C25H25N5O3.3C23H23N5O2/c1-18-5-7-19(8-6-18)14-30-16-26-23-22(21-4-2-3-20(13-21)15-33-17-31)27-25(28-24(23)30)29-9-11-32-12-10-29;1-16-4-2-5-17(12-16)14-28-15-24-21-20(18-6-3-7-19(29)13-18)25-23(26-22(21)28)27-8-10-30-11-9-27;2*1-16-5-7-17(8-6-16)14-28-15-24-21-20(18-3-2-4-19(29)13-18)25-23(26-22(21)28)27-9-11-30-12-10-27/h2-8,13,16-17H,9-12,14-15H2,1H3;2-7,12-13,15,29H,8-11,14H2,1H3;2*2-8,13,15,29H,9-12,14H2,1H3. The molecule has 8 aromatic carbocycles. The summed E-state index contributed by atoms with van der Waals surface area (Å²) >= 11 is 0. The average molecular weight is 1650 g/mol. The number of carbonyl (C=O) groups excluding carboxylic acids is 1. The molecule has 16 aromatic rings. The molecule has 29 heteroatoms. The minimum Gasteiger partial charge on any atom is -0.508 e. The molecule has 0 unspecified atom stereocenters. The van der Waals surface area contributed by atoms with Gasteiger partial charge in [-0.15, -0.1) is 0 Å². The quantitative estimate of drug-likeness (QED) is 0.0633. The lowest BCUT2D eigenvalue weighted by Gasteiger charge is -2.27. The van der Waals surface area contributed by atoms with Crippen LogP contribution in [0.15, 0.2) is 219 Å². The lowest BCUT2D eigenvalue weighted by Crippen LogP contribution is -2.37. The van der Waals surface area contributed by atoms with E-state index in [4.69, 9.17) is 68.5 Å². The number of aromatic nitrogens is 16. The highest BCUT2D eigenvalue weighted by Crippen LogP contribution is 2.36. The van der Waals surface area contributed by atoms with Gasteiger partial charge in [0.25, 0.3) is 6.47 Å². The molecule has 0 aliphatic carbocycles. The molecule has 0 radical (unpaired) electrons. The van der Waals surface area contributed by atoms with E-state index in [1.54, 1.807) is 36.4 Å². The molecule has 4 saturated heterocycles. The third-order valence-corrected chi connectivity index (χ3v) is 21.7. The van der Waals surface area contributed by atoms with Gasteiger partial charge in [0.05, 0.1) is 104 Å². The van der Waals surface area contributed by atoms with Gasteiger partial charge in [-0.2, -0.15) is 19.9 Å². The Balaban J connectivity index is 0.000000116. The van der Waals surface area contributed by atoms with E-state index in [-0.39, 0.29) is 23.9 Å². The predicted octanol–water partition coefficient (Wildman–Crippen LogP) is 13.5. The number of nitrogens with zero attached hydrogens (tertiary/aromatic N) is 20. The van der Waals surface area contributed by atoms with Crippen molar-refractivity contribution in [3.8, 4) is 62.3 Å². The molecule has 29 nitrogen and oxygen atoms in total. The molecular formula is C94H94N20O9. The van der Waals surface area contributed by atoms with Gasteiger partial charge < -0.3 is 76.9 Å². The summed E-state index contributed by atoms with van der Waals surface area (Å²) < 4.78 is 35.2. The topological polar surface area (TPSA) is 311 Å². The van der Waals surface area contributed by atoms with Crippen molar-refractivity contribution in [3.63, 3.8) is 0 Å². The molecule has 12 heterocycles. The van der Waals surface area contributed by atoms with Gasteiger partial charge in [-0.1, -0.05) is 174 Å². The van der Waals surface area contributed by atoms with Crippen molar-refractivity contribution < 1.29 is 43.8 Å². The smallest absolute Gasteiger partial charge is 0.293 e. The van der Waals surface area contributed by atoms with Crippen LogP contribution in [0.4, 0.5) is 23.8 Å². The van der Waals surface area contributed by atoms with Crippen LogP contribution in [0.2, 0.25) is 0 Å².